The number of carbonyl (C=O) groups is 2. The molecule has 1 aromatic heterocycles. The average Bonchev–Trinajstić information content (AvgIpc) is 3.00. The van der Waals surface area contributed by atoms with Crippen LogP contribution in [0.1, 0.15) is 10.4 Å². The summed E-state index contributed by atoms with van der Waals surface area (Å²) in [4.78, 5) is 30.1. The first-order valence-electron chi connectivity index (χ1n) is 7.73. The number of halogens is 1. The molecule has 0 spiro atoms. The fraction of sp³-hybridized carbons (Fsp3) is 0.167. The molecule has 2 amide bonds. The molecule has 8 heteroatoms. The Balaban J connectivity index is 1.77. The second-order valence-corrected chi connectivity index (χ2v) is 7.13. The Morgan fingerprint density at radius 3 is 2.77 bits per heavy atom. The third kappa shape index (κ3) is 4.12. The van der Waals surface area contributed by atoms with E-state index in [1.807, 2.05) is 0 Å². The van der Waals surface area contributed by atoms with Gasteiger partial charge in [0.25, 0.3) is 11.8 Å². The molecule has 3 aromatic rings. The molecule has 0 radical (unpaired) electrons. The number of thiazole rings is 1. The molecule has 1 N–H and O–H groups in total. The monoisotopic (exact) mass is 389 g/mol. The minimum Gasteiger partial charge on any atom is -0.483 e. The highest BCUT2D eigenvalue weighted by atomic mass is 35.5. The molecular formula is C18H16ClN3O3S. The van der Waals surface area contributed by atoms with E-state index in [0.717, 1.165) is 10.2 Å². The zero-order valence-electron chi connectivity index (χ0n) is 14.2. The number of fused-ring (bicyclic) bond motifs is 1. The average molecular weight is 390 g/mol. The van der Waals surface area contributed by atoms with Gasteiger partial charge in [0.1, 0.15) is 5.75 Å². The topological polar surface area (TPSA) is 71.5 Å². The second-order valence-electron chi connectivity index (χ2n) is 5.66. The van der Waals surface area contributed by atoms with Gasteiger partial charge in [0.15, 0.2) is 11.7 Å². The molecule has 0 bridgehead atoms. The molecule has 0 aliphatic carbocycles. The van der Waals surface area contributed by atoms with Crippen LogP contribution in [0.25, 0.3) is 10.2 Å². The van der Waals surface area contributed by atoms with Gasteiger partial charge in [-0.3, -0.25) is 14.9 Å². The Kier molecular flexibility index (Phi) is 5.39. The highest BCUT2D eigenvalue weighted by Crippen LogP contribution is 2.29. The summed E-state index contributed by atoms with van der Waals surface area (Å²) in [6.07, 6.45) is 0. The predicted molar refractivity (Wildman–Crippen MR) is 103 cm³/mol. The van der Waals surface area contributed by atoms with Crippen molar-refractivity contribution in [3.05, 3.63) is 53.1 Å². The number of ether oxygens (including phenoxy) is 1. The van der Waals surface area contributed by atoms with Gasteiger partial charge in [-0.15, -0.1) is 0 Å². The fourth-order valence-corrected chi connectivity index (χ4v) is 3.30. The number of hydrogen-bond donors (Lipinski definition) is 1. The number of nitrogens with one attached hydrogen (secondary N) is 1. The molecule has 0 fully saturated rings. The lowest BCUT2D eigenvalue weighted by Gasteiger charge is -2.13. The first kappa shape index (κ1) is 18.2. The summed E-state index contributed by atoms with van der Waals surface area (Å²) in [6.45, 7) is -0.142. The summed E-state index contributed by atoms with van der Waals surface area (Å²) in [7, 11) is 3.29. The van der Waals surface area contributed by atoms with E-state index < -0.39 is 0 Å². The van der Waals surface area contributed by atoms with Crippen LogP contribution in [0.3, 0.4) is 0 Å². The van der Waals surface area contributed by atoms with E-state index in [9.17, 15) is 9.59 Å². The van der Waals surface area contributed by atoms with E-state index in [4.69, 9.17) is 16.3 Å². The van der Waals surface area contributed by atoms with E-state index >= 15 is 0 Å². The Morgan fingerprint density at radius 1 is 1.23 bits per heavy atom. The van der Waals surface area contributed by atoms with Crippen LogP contribution in [0.5, 0.6) is 5.75 Å². The SMILES string of the molecule is CN(C)C(=O)COc1ccccc1C(=O)Nc1nc2ccc(Cl)cc2s1. The van der Waals surface area contributed by atoms with Gasteiger partial charge in [-0.25, -0.2) is 4.98 Å². The van der Waals surface area contributed by atoms with Gasteiger partial charge < -0.3 is 9.64 Å². The number of para-hydroxylation sites is 1. The first-order valence-corrected chi connectivity index (χ1v) is 8.93. The highest BCUT2D eigenvalue weighted by molar-refractivity contribution is 7.22. The molecule has 3 rings (SSSR count). The summed E-state index contributed by atoms with van der Waals surface area (Å²) >= 11 is 7.31. The van der Waals surface area contributed by atoms with Gasteiger partial charge in [0.05, 0.1) is 15.8 Å². The molecule has 0 unspecified atom stereocenters. The Labute approximate surface area is 159 Å². The van der Waals surface area contributed by atoms with Crippen molar-refractivity contribution in [1.29, 1.82) is 0 Å². The maximum atomic E-state index is 12.6. The molecular weight excluding hydrogens is 374 g/mol. The van der Waals surface area contributed by atoms with Crippen LogP contribution in [-0.2, 0) is 4.79 Å². The van der Waals surface area contributed by atoms with Gasteiger partial charge in [-0.2, -0.15) is 0 Å². The molecule has 6 nitrogen and oxygen atoms in total. The lowest BCUT2D eigenvalue weighted by Crippen LogP contribution is -2.28. The van der Waals surface area contributed by atoms with E-state index in [-0.39, 0.29) is 18.4 Å². The number of anilines is 1. The van der Waals surface area contributed by atoms with Crippen LogP contribution >= 0.6 is 22.9 Å². The molecule has 0 aliphatic heterocycles. The standard InChI is InChI=1S/C18H16ClN3O3S/c1-22(2)16(23)10-25-14-6-4-3-5-12(14)17(24)21-18-20-13-8-7-11(19)9-15(13)26-18/h3-9H,10H2,1-2H3,(H,20,21,24). The summed E-state index contributed by atoms with van der Waals surface area (Å²) in [6, 6.07) is 12.1. The summed E-state index contributed by atoms with van der Waals surface area (Å²) in [5, 5.41) is 3.85. The zero-order chi connectivity index (χ0) is 18.7. The maximum absolute atomic E-state index is 12.6. The number of amides is 2. The molecule has 0 atom stereocenters. The van der Waals surface area contributed by atoms with Crippen molar-refractivity contribution in [2.45, 2.75) is 0 Å². The van der Waals surface area contributed by atoms with Crippen LogP contribution < -0.4 is 10.1 Å². The van der Waals surface area contributed by atoms with Crippen molar-refractivity contribution < 1.29 is 14.3 Å². The van der Waals surface area contributed by atoms with Crippen LogP contribution in [0.4, 0.5) is 5.13 Å². The maximum Gasteiger partial charge on any atom is 0.261 e. The summed E-state index contributed by atoms with van der Waals surface area (Å²) in [5.74, 6) is -0.212. The van der Waals surface area contributed by atoms with Gasteiger partial charge in [0.2, 0.25) is 0 Å². The smallest absolute Gasteiger partial charge is 0.261 e. The minimum absolute atomic E-state index is 0.142. The largest absolute Gasteiger partial charge is 0.483 e. The third-order valence-corrected chi connectivity index (χ3v) is 4.72. The number of hydrogen-bond acceptors (Lipinski definition) is 5. The Morgan fingerprint density at radius 2 is 2.00 bits per heavy atom. The van der Waals surface area contributed by atoms with Crippen molar-refractivity contribution in [3.63, 3.8) is 0 Å². The molecule has 0 saturated carbocycles. The van der Waals surface area contributed by atoms with Crippen LogP contribution in [0, 0.1) is 0 Å². The summed E-state index contributed by atoms with van der Waals surface area (Å²) in [5.41, 5.74) is 1.09. The molecule has 1 heterocycles. The zero-order valence-corrected chi connectivity index (χ0v) is 15.7. The second kappa shape index (κ2) is 7.72. The van der Waals surface area contributed by atoms with Crippen LogP contribution in [-0.4, -0.2) is 42.4 Å². The minimum atomic E-state index is -0.358. The fourth-order valence-electron chi connectivity index (χ4n) is 2.17. The Hall–Kier alpha value is -2.64. The number of benzene rings is 2. The number of carbonyl (C=O) groups excluding carboxylic acids is 2. The highest BCUT2D eigenvalue weighted by Gasteiger charge is 2.16. The van der Waals surface area contributed by atoms with E-state index in [1.54, 1.807) is 56.6 Å². The first-order chi connectivity index (χ1) is 12.4. The lowest BCUT2D eigenvalue weighted by molar-refractivity contribution is -0.130. The third-order valence-electron chi connectivity index (χ3n) is 3.55. The molecule has 0 saturated heterocycles. The van der Waals surface area contributed by atoms with E-state index in [0.29, 0.717) is 21.5 Å². The molecule has 134 valence electrons. The molecule has 2 aromatic carbocycles. The van der Waals surface area contributed by atoms with Crippen molar-refractivity contribution in [2.24, 2.45) is 0 Å². The number of rotatable bonds is 5. The lowest BCUT2D eigenvalue weighted by atomic mass is 10.2. The van der Waals surface area contributed by atoms with E-state index in [2.05, 4.69) is 10.3 Å². The molecule has 26 heavy (non-hydrogen) atoms. The van der Waals surface area contributed by atoms with Crippen molar-refractivity contribution in [1.82, 2.24) is 9.88 Å². The normalized spacial score (nSPS) is 10.6. The van der Waals surface area contributed by atoms with Gasteiger partial charge in [-0.1, -0.05) is 35.1 Å². The van der Waals surface area contributed by atoms with Gasteiger partial charge in [-0.05, 0) is 30.3 Å². The van der Waals surface area contributed by atoms with Crippen molar-refractivity contribution >= 4 is 50.1 Å². The van der Waals surface area contributed by atoms with E-state index in [1.165, 1.54) is 16.2 Å². The number of nitrogens with zero attached hydrogens (tertiary/aromatic N) is 2. The van der Waals surface area contributed by atoms with Gasteiger partial charge in [0, 0.05) is 19.1 Å². The predicted octanol–water partition coefficient (Wildman–Crippen LogP) is 3.67. The van der Waals surface area contributed by atoms with Crippen LogP contribution in [0.15, 0.2) is 42.5 Å². The number of aromatic nitrogens is 1. The Bertz CT molecular complexity index is 971. The summed E-state index contributed by atoms with van der Waals surface area (Å²) < 4.78 is 6.39. The van der Waals surface area contributed by atoms with Crippen LogP contribution in [0.2, 0.25) is 5.02 Å². The van der Waals surface area contributed by atoms with Crippen molar-refractivity contribution in [3.8, 4) is 5.75 Å². The molecule has 0 aliphatic rings. The quantitative estimate of drug-likeness (QED) is 0.722. The van der Waals surface area contributed by atoms with Crippen molar-refractivity contribution in [2.75, 3.05) is 26.0 Å². The van der Waals surface area contributed by atoms with Gasteiger partial charge >= 0.3 is 0 Å². The number of likely N-dealkylation sites (N-methyl/N-ethyl adjacent to an activating group) is 1.